The van der Waals surface area contributed by atoms with Crippen molar-refractivity contribution < 1.29 is 24.1 Å². The second-order valence-electron chi connectivity index (χ2n) is 5.08. The van der Waals surface area contributed by atoms with E-state index in [1.165, 1.54) is 19.2 Å². The fraction of sp³-hybridized carbons (Fsp3) is 0.278. The first-order valence-corrected chi connectivity index (χ1v) is 7.45. The van der Waals surface area contributed by atoms with Crippen LogP contribution in [0.15, 0.2) is 36.4 Å². The molecule has 2 aromatic carbocycles. The van der Waals surface area contributed by atoms with Crippen molar-refractivity contribution in [2.24, 2.45) is 0 Å². The van der Waals surface area contributed by atoms with Gasteiger partial charge in [0.05, 0.1) is 26.9 Å². The van der Waals surface area contributed by atoms with Crippen molar-refractivity contribution in [2.75, 3.05) is 27.9 Å². The molecule has 2 aromatic rings. The van der Waals surface area contributed by atoms with Crippen LogP contribution in [0.3, 0.4) is 0 Å². The van der Waals surface area contributed by atoms with Gasteiger partial charge in [0.1, 0.15) is 11.5 Å². The van der Waals surface area contributed by atoms with Crippen LogP contribution in [0.2, 0.25) is 0 Å². The molecule has 0 aliphatic rings. The topological polar surface area (TPSA) is 77.0 Å². The van der Waals surface area contributed by atoms with Gasteiger partial charge < -0.3 is 24.6 Å². The highest BCUT2D eigenvalue weighted by molar-refractivity contribution is 5.97. The first kappa shape index (κ1) is 17.5. The van der Waals surface area contributed by atoms with E-state index >= 15 is 0 Å². The van der Waals surface area contributed by atoms with Crippen molar-refractivity contribution in [1.29, 1.82) is 0 Å². The molecule has 128 valence electrons. The Bertz CT molecular complexity index is 715. The van der Waals surface area contributed by atoms with Gasteiger partial charge in [-0.15, -0.1) is 0 Å². The Labute approximate surface area is 141 Å². The van der Waals surface area contributed by atoms with E-state index in [9.17, 15) is 9.90 Å². The molecule has 6 heteroatoms. The number of rotatable bonds is 7. The van der Waals surface area contributed by atoms with Crippen molar-refractivity contribution in [2.45, 2.75) is 6.42 Å². The van der Waals surface area contributed by atoms with Gasteiger partial charge in [0, 0.05) is 12.6 Å². The molecule has 0 heterocycles. The minimum Gasteiger partial charge on any atom is -0.507 e. The van der Waals surface area contributed by atoms with Crippen LogP contribution in [0.1, 0.15) is 15.9 Å². The summed E-state index contributed by atoms with van der Waals surface area (Å²) in [7, 11) is 4.66. The molecule has 2 N–H and O–H groups in total. The maximum atomic E-state index is 12.1. The van der Waals surface area contributed by atoms with E-state index in [1.807, 2.05) is 18.2 Å². The number of hydrogen-bond acceptors (Lipinski definition) is 5. The van der Waals surface area contributed by atoms with Gasteiger partial charge in [-0.2, -0.15) is 0 Å². The number of carbonyl (C=O) groups is 1. The normalized spacial score (nSPS) is 10.1. The van der Waals surface area contributed by atoms with Crippen molar-refractivity contribution in [3.8, 4) is 23.0 Å². The summed E-state index contributed by atoms with van der Waals surface area (Å²) in [5.74, 6) is 1.35. The number of phenolic OH excluding ortho intramolecular Hbond substituents is 1. The van der Waals surface area contributed by atoms with Crippen LogP contribution in [0.25, 0.3) is 0 Å². The van der Waals surface area contributed by atoms with E-state index in [0.29, 0.717) is 30.2 Å². The number of methoxy groups -OCH3 is 3. The Morgan fingerprint density at radius 1 is 1.00 bits per heavy atom. The fourth-order valence-electron chi connectivity index (χ4n) is 2.28. The smallest absolute Gasteiger partial charge is 0.255 e. The van der Waals surface area contributed by atoms with Crippen LogP contribution in [0.5, 0.6) is 23.0 Å². The Morgan fingerprint density at radius 2 is 1.75 bits per heavy atom. The number of phenols is 1. The maximum Gasteiger partial charge on any atom is 0.255 e. The van der Waals surface area contributed by atoms with Crippen LogP contribution in [-0.2, 0) is 6.42 Å². The molecule has 0 atom stereocenters. The molecule has 0 fully saturated rings. The lowest BCUT2D eigenvalue weighted by Gasteiger charge is -2.11. The number of ether oxygens (including phenoxy) is 3. The molecule has 2 rings (SSSR count). The van der Waals surface area contributed by atoms with Gasteiger partial charge in [-0.3, -0.25) is 4.79 Å². The molecule has 1 amide bonds. The third-order valence-electron chi connectivity index (χ3n) is 3.60. The second kappa shape index (κ2) is 8.10. The number of carbonyl (C=O) groups excluding carboxylic acids is 1. The molecule has 0 bridgehead atoms. The molecule has 0 saturated heterocycles. The van der Waals surface area contributed by atoms with E-state index in [2.05, 4.69) is 5.32 Å². The minimum absolute atomic E-state index is 0.113. The first-order valence-electron chi connectivity index (χ1n) is 7.45. The fourth-order valence-corrected chi connectivity index (χ4v) is 2.28. The van der Waals surface area contributed by atoms with Crippen molar-refractivity contribution in [3.63, 3.8) is 0 Å². The van der Waals surface area contributed by atoms with Gasteiger partial charge in [-0.1, -0.05) is 6.07 Å². The number of hydrogen-bond donors (Lipinski definition) is 2. The average molecular weight is 331 g/mol. The van der Waals surface area contributed by atoms with E-state index in [1.54, 1.807) is 20.3 Å². The second-order valence-corrected chi connectivity index (χ2v) is 5.08. The summed E-state index contributed by atoms with van der Waals surface area (Å²) in [6.45, 7) is 0.430. The molecule has 6 nitrogen and oxygen atoms in total. The third-order valence-corrected chi connectivity index (χ3v) is 3.60. The molecule has 0 saturated carbocycles. The molecular weight excluding hydrogens is 310 g/mol. The van der Waals surface area contributed by atoms with Crippen molar-refractivity contribution in [3.05, 3.63) is 47.5 Å². The Hall–Kier alpha value is -2.89. The highest BCUT2D eigenvalue weighted by Gasteiger charge is 2.12. The monoisotopic (exact) mass is 331 g/mol. The van der Waals surface area contributed by atoms with E-state index < -0.39 is 0 Å². The zero-order valence-corrected chi connectivity index (χ0v) is 14.0. The molecule has 0 radical (unpaired) electrons. The van der Waals surface area contributed by atoms with Crippen LogP contribution in [-0.4, -0.2) is 38.9 Å². The van der Waals surface area contributed by atoms with E-state index in [4.69, 9.17) is 14.2 Å². The van der Waals surface area contributed by atoms with Crippen molar-refractivity contribution >= 4 is 5.91 Å². The van der Waals surface area contributed by atoms with Gasteiger partial charge in [-0.25, -0.2) is 0 Å². The first-order chi connectivity index (χ1) is 11.6. The van der Waals surface area contributed by atoms with Gasteiger partial charge in [0.2, 0.25) is 0 Å². The molecule has 0 spiro atoms. The Kier molecular flexibility index (Phi) is 5.89. The quantitative estimate of drug-likeness (QED) is 0.815. The molecular formula is C18H21NO5. The van der Waals surface area contributed by atoms with Crippen LogP contribution < -0.4 is 19.5 Å². The zero-order chi connectivity index (χ0) is 17.5. The van der Waals surface area contributed by atoms with Crippen LogP contribution in [0, 0.1) is 0 Å². The largest absolute Gasteiger partial charge is 0.507 e. The SMILES string of the molecule is COc1ccc(C(=O)NCCc2ccc(OC)c(OC)c2)c(O)c1. The van der Waals surface area contributed by atoms with E-state index in [0.717, 1.165) is 5.56 Å². The van der Waals surface area contributed by atoms with Gasteiger partial charge in [0.15, 0.2) is 11.5 Å². The summed E-state index contributed by atoms with van der Waals surface area (Å²) >= 11 is 0. The third kappa shape index (κ3) is 4.10. The number of nitrogens with one attached hydrogen (secondary N) is 1. The molecule has 0 aliphatic carbocycles. The molecule has 0 unspecified atom stereocenters. The highest BCUT2D eigenvalue weighted by atomic mass is 16.5. The summed E-state index contributed by atoms with van der Waals surface area (Å²) in [5.41, 5.74) is 1.22. The minimum atomic E-state index is -0.337. The molecule has 24 heavy (non-hydrogen) atoms. The summed E-state index contributed by atoms with van der Waals surface area (Å²) in [6.07, 6.45) is 0.628. The summed E-state index contributed by atoms with van der Waals surface area (Å²) in [5, 5.41) is 12.6. The standard InChI is InChI=1S/C18H21NO5/c1-22-13-5-6-14(15(20)11-13)18(21)19-9-8-12-4-7-16(23-2)17(10-12)24-3/h4-7,10-11,20H,8-9H2,1-3H3,(H,19,21). The summed E-state index contributed by atoms with van der Waals surface area (Å²) in [4.78, 5) is 12.1. The molecule has 0 aliphatic heterocycles. The van der Waals surface area contributed by atoms with Gasteiger partial charge in [-0.05, 0) is 36.2 Å². The zero-order valence-electron chi connectivity index (χ0n) is 14.0. The van der Waals surface area contributed by atoms with Crippen molar-refractivity contribution in [1.82, 2.24) is 5.32 Å². The average Bonchev–Trinajstić information content (AvgIpc) is 2.61. The highest BCUT2D eigenvalue weighted by Crippen LogP contribution is 2.27. The van der Waals surface area contributed by atoms with Crippen LogP contribution >= 0.6 is 0 Å². The number of aromatic hydroxyl groups is 1. The predicted molar refractivity (Wildman–Crippen MR) is 90.2 cm³/mol. The lowest BCUT2D eigenvalue weighted by atomic mass is 10.1. The van der Waals surface area contributed by atoms with Gasteiger partial charge in [0.25, 0.3) is 5.91 Å². The molecule has 0 aromatic heterocycles. The Morgan fingerprint density at radius 3 is 2.38 bits per heavy atom. The maximum absolute atomic E-state index is 12.1. The lowest BCUT2D eigenvalue weighted by molar-refractivity contribution is 0.0951. The summed E-state index contributed by atoms with van der Waals surface area (Å²) in [6, 6.07) is 10.2. The summed E-state index contributed by atoms with van der Waals surface area (Å²) < 4.78 is 15.4. The van der Waals surface area contributed by atoms with E-state index in [-0.39, 0.29) is 17.2 Å². The number of benzene rings is 2. The van der Waals surface area contributed by atoms with Gasteiger partial charge >= 0.3 is 0 Å². The van der Waals surface area contributed by atoms with Crippen LogP contribution in [0.4, 0.5) is 0 Å². The lowest BCUT2D eigenvalue weighted by Crippen LogP contribution is -2.25. The Balaban J connectivity index is 1.95. The predicted octanol–water partition coefficient (Wildman–Crippen LogP) is 2.39. The number of amides is 1.